The molecule has 24 heavy (non-hydrogen) atoms. The molecule has 1 N–H and O–H groups in total. The largest absolute Gasteiger partial charge is 0.279 e. The lowest BCUT2D eigenvalue weighted by molar-refractivity contribution is 0.290. The molecule has 0 radical (unpaired) electrons. The summed E-state index contributed by atoms with van der Waals surface area (Å²) >= 11 is 0. The Balaban J connectivity index is 1.53. The van der Waals surface area contributed by atoms with Gasteiger partial charge in [0, 0.05) is 19.6 Å². The summed E-state index contributed by atoms with van der Waals surface area (Å²) in [6.45, 7) is 0.366. The summed E-state index contributed by atoms with van der Waals surface area (Å²) in [5, 5.41) is 4.17. The molecule has 0 bridgehead atoms. The van der Waals surface area contributed by atoms with Gasteiger partial charge in [0.2, 0.25) is 0 Å². The monoisotopic (exact) mass is 349 g/mol. The van der Waals surface area contributed by atoms with Gasteiger partial charge < -0.3 is 0 Å². The highest BCUT2D eigenvalue weighted by Gasteiger charge is 2.27. The van der Waals surface area contributed by atoms with Gasteiger partial charge in [0.25, 0.3) is 10.2 Å². The molecule has 0 saturated heterocycles. The summed E-state index contributed by atoms with van der Waals surface area (Å²) in [5.74, 6) is 0. The second-order valence-electron chi connectivity index (χ2n) is 6.25. The van der Waals surface area contributed by atoms with Crippen LogP contribution in [0.4, 0.5) is 0 Å². The summed E-state index contributed by atoms with van der Waals surface area (Å²) in [7, 11) is -1.87. The standard InChI is InChI=1S/C16H23N5O2S/c1-20(11-14-5-3-2-4-6-14)24(22,23)19-15-7-9-16(10-8-15)21-13-17-12-18-21/h2-6,12-13,15-16,19H,7-11H2,1H3. The average molecular weight is 349 g/mol. The normalized spacial score (nSPS) is 21.9. The molecule has 3 rings (SSSR count). The van der Waals surface area contributed by atoms with Gasteiger partial charge >= 0.3 is 0 Å². The molecule has 0 unspecified atom stereocenters. The van der Waals surface area contributed by atoms with Gasteiger partial charge in [-0.05, 0) is 31.2 Å². The zero-order valence-electron chi connectivity index (χ0n) is 13.7. The third-order valence-corrected chi connectivity index (χ3v) is 6.06. The molecule has 1 fully saturated rings. The lowest BCUT2D eigenvalue weighted by Gasteiger charge is -2.30. The zero-order valence-corrected chi connectivity index (χ0v) is 14.6. The highest BCUT2D eigenvalue weighted by molar-refractivity contribution is 7.87. The minimum atomic E-state index is -3.48. The van der Waals surface area contributed by atoms with Crippen LogP contribution < -0.4 is 4.72 Å². The number of aromatic nitrogens is 3. The Morgan fingerprint density at radius 3 is 2.54 bits per heavy atom. The number of hydrogen-bond donors (Lipinski definition) is 1. The molecular weight excluding hydrogens is 326 g/mol. The number of benzene rings is 1. The fourth-order valence-corrected chi connectivity index (χ4v) is 4.25. The SMILES string of the molecule is CN(Cc1ccccc1)S(=O)(=O)NC1CCC(n2cncn2)CC1. The molecule has 1 saturated carbocycles. The summed E-state index contributed by atoms with van der Waals surface area (Å²) in [6.07, 6.45) is 6.68. The maximum atomic E-state index is 12.5. The summed E-state index contributed by atoms with van der Waals surface area (Å²) in [5.41, 5.74) is 0.972. The summed E-state index contributed by atoms with van der Waals surface area (Å²) in [4.78, 5) is 3.97. The second-order valence-corrected chi connectivity index (χ2v) is 8.05. The van der Waals surface area contributed by atoms with Gasteiger partial charge in [0.1, 0.15) is 12.7 Å². The van der Waals surface area contributed by atoms with E-state index in [4.69, 9.17) is 0 Å². The van der Waals surface area contributed by atoms with Crippen molar-refractivity contribution in [3.8, 4) is 0 Å². The molecule has 7 nitrogen and oxygen atoms in total. The smallest absolute Gasteiger partial charge is 0.250 e. The third kappa shape index (κ3) is 4.19. The van der Waals surface area contributed by atoms with Gasteiger partial charge in [0.05, 0.1) is 6.04 Å². The highest BCUT2D eigenvalue weighted by Crippen LogP contribution is 2.28. The molecule has 0 aliphatic heterocycles. The third-order valence-electron chi connectivity index (χ3n) is 4.48. The molecule has 0 spiro atoms. The van der Waals surface area contributed by atoms with E-state index in [2.05, 4.69) is 14.8 Å². The lowest BCUT2D eigenvalue weighted by atomic mass is 9.92. The molecule has 0 amide bonds. The van der Waals surface area contributed by atoms with E-state index in [0.717, 1.165) is 31.2 Å². The van der Waals surface area contributed by atoms with Crippen molar-refractivity contribution in [2.75, 3.05) is 7.05 Å². The molecule has 2 aromatic rings. The highest BCUT2D eigenvalue weighted by atomic mass is 32.2. The minimum Gasteiger partial charge on any atom is -0.250 e. The predicted octanol–water partition coefficient (Wildman–Crippen LogP) is 1.73. The Bertz CT molecular complexity index is 725. The van der Waals surface area contributed by atoms with Crippen LogP contribution in [0.15, 0.2) is 43.0 Å². The van der Waals surface area contributed by atoms with Gasteiger partial charge in [0.15, 0.2) is 0 Å². The quantitative estimate of drug-likeness (QED) is 0.861. The summed E-state index contributed by atoms with van der Waals surface area (Å²) < 4.78 is 31.1. The number of nitrogens with zero attached hydrogens (tertiary/aromatic N) is 4. The number of hydrogen-bond acceptors (Lipinski definition) is 4. The maximum Gasteiger partial charge on any atom is 0.279 e. The van der Waals surface area contributed by atoms with E-state index in [1.807, 2.05) is 35.0 Å². The number of rotatable bonds is 6. The van der Waals surface area contributed by atoms with Crippen LogP contribution in [0.2, 0.25) is 0 Å². The number of nitrogens with one attached hydrogen (secondary N) is 1. The first-order valence-electron chi connectivity index (χ1n) is 8.16. The predicted molar refractivity (Wildman–Crippen MR) is 91.3 cm³/mol. The Morgan fingerprint density at radius 1 is 1.21 bits per heavy atom. The first-order valence-corrected chi connectivity index (χ1v) is 9.60. The molecule has 0 atom stereocenters. The van der Waals surface area contributed by atoms with E-state index in [1.54, 1.807) is 13.4 Å². The minimum absolute atomic E-state index is 0.0204. The van der Waals surface area contributed by atoms with Gasteiger partial charge in [-0.15, -0.1) is 0 Å². The molecule has 1 aliphatic carbocycles. The van der Waals surface area contributed by atoms with E-state index < -0.39 is 10.2 Å². The van der Waals surface area contributed by atoms with Crippen molar-refractivity contribution < 1.29 is 8.42 Å². The van der Waals surface area contributed by atoms with Crippen LogP contribution in [-0.4, -0.2) is 40.6 Å². The van der Waals surface area contributed by atoms with Crippen LogP contribution in [0.3, 0.4) is 0 Å². The van der Waals surface area contributed by atoms with E-state index >= 15 is 0 Å². The fourth-order valence-electron chi connectivity index (χ4n) is 3.09. The van der Waals surface area contributed by atoms with Crippen LogP contribution in [-0.2, 0) is 16.8 Å². The van der Waals surface area contributed by atoms with Gasteiger partial charge in [-0.25, -0.2) is 9.67 Å². The van der Waals surface area contributed by atoms with Crippen LogP contribution >= 0.6 is 0 Å². The molecule has 8 heteroatoms. The van der Waals surface area contributed by atoms with Crippen molar-refractivity contribution >= 4 is 10.2 Å². The van der Waals surface area contributed by atoms with Crippen molar-refractivity contribution in [2.45, 2.75) is 44.3 Å². The first-order chi connectivity index (χ1) is 11.5. The van der Waals surface area contributed by atoms with Crippen LogP contribution in [0.1, 0.15) is 37.3 Å². The van der Waals surface area contributed by atoms with Gasteiger partial charge in [-0.1, -0.05) is 30.3 Å². The molecule has 1 aromatic heterocycles. The van der Waals surface area contributed by atoms with Crippen molar-refractivity contribution in [1.29, 1.82) is 0 Å². The second kappa shape index (κ2) is 7.42. The van der Waals surface area contributed by atoms with Crippen molar-refractivity contribution in [1.82, 2.24) is 23.8 Å². The average Bonchev–Trinajstić information content (AvgIpc) is 3.10. The van der Waals surface area contributed by atoms with Crippen LogP contribution in [0.25, 0.3) is 0 Å². The van der Waals surface area contributed by atoms with Crippen LogP contribution in [0.5, 0.6) is 0 Å². The molecule has 1 heterocycles. The molecular formula is C16H23N5O2S. The van der Waals surface area contributed by atoms with Crippen molar-refractivity contribution in [3.63, 3.8) is 0 Å². The van der Waals surface area contributed by atoms with Gasteiger partial charge in [-0.2, -0.15) is 22.5 Å². The molecule has 130 valence electrons. The Morgan fingerprint density at radius 2 is 1.92 bits per heavy atom. The topological polar surface area (TPSA) is 80.1 Å². The van der Waals surface area contributed by atoms with E-state index in [9.17, 15) is 8.42 Å². The first kappa shape index (κ1) is 17.1. The Labute approximate surface area is 142 Å². The fraction of sp³-hybridized carbons (Fsp3) is 0.500. The van der Waals surface area contributed by atoms with Crippen LogP contribution in [0, 0.1) is 0 Å². The zero-order chi connectivity index (χ0) is 17.0. The Hall–Kier alpha value is -1.77. The maximum absolute atomic E-state index is 12.5. The van der Waals surface area contributed by atoms with E-state index in [1.165, 1.54) is 10.6 Å². The summed E-state index contributed by atoms with van der Waals surface area (Å²) in [6, 6.07) is 9.89. The molecule has 1 aliphatic rings. The van der Waals surface area contributed by atoms with E-state index in [0.29, 0.717) is 12.6 Å². The van der Waals surface area contributed by atoms with Crippen molar-refractivity contribution in [3.05, 3.63) is 48.5 Å². The van der Waals surface area contributed by atoms with Crippen molar-refractivity contribution in [2.24, 2.45) is 0 Å². The van der Waals surface area contributed by atoms with E-state index in [-0.39, 0.29) is 6.04 Å². The lowest BCUT2D eigenvalue weighted by Crippen LogP contribution is -2.44. The van der Waals surface area contributed by atoms with Gasteiger partial charge in [-0.3, -0.25) is 0 Å². The Kier molecular flexibility index (Phi) is 5.27. The molecule has 1 aromatic carbocycles.